The molecule has 1 aliphatic rings. The number of nitrogens with one attached hydrogen (secondary N) is 1. The van der Waals surface area contributed by atoms with Crippen LogP contribution in [0.15, 0.2) is 35.3 Å². The first kappa shape index (κ1) is 14.0. The number of aromatic nitrogens is 4. The Labute approximate surface area is 133 Å². The third-order valence-corrected chi connectivity index (χ3v) is 4.50. The van der Waals surface area contributed by atoms with Gasteiger partial charge in [0.15, 0.2) is 11.3 Å². The average molecular weight is 310 g/mol. The van der Waals surface area contributed by atoms with E-state index in [1.54, 1.807) is 17.9 Å². The van der Waals surface area contributed by atoms with Gasteiger partial charge in [-0.25, -0.2) is 14.8 Å². The van der Waals surface area contributed by atoms with Gasteiger partial charge in [0.1, 0.15) is 5.75 Å². The van der Waals surface area contributed by atoms with Crippen molar-refractivity contribution in [3.63, 3.8) is 0 Å². The molecule has 1 aromatic carbocycles. The van der Waals surface area contributed by atoms with Crippen molar-refractivity contribution in [1.29, 1.82) is 0 Å². The van der Waals surface area contributed by atoms with Crippen LogP contribution < -0.4 is 10.4 Å². The molecule has 1 saturated carbocycles. The highest BCUT2D eigenvalue weighted by molar-refractivity contribution is 5.73. The van der Waals surface area contributed by atoms with Gasteiger partial charge in [-0.2, -0.15) is 0 Å². The normalized spacial score (nSPS) is 15.3. The molecule has 6 nitrogen and oxygen atoms in total. The van der Waals surface area contributed by atoms with Crippen LogP contribution >= 0.6 is 0 Å². The number of hydrogen-bond acceptors (Lipinski definition) is 4. The second-order valence-corrected chi connectivity index (χ2v) is 5.87. The van der Waals surface area contributed by atoms with Gasteiger partial charge >= 0.3 is 5.69 Å². The molecule has 0 unspecified atom stereocenters. The molecule has 3 aromatic rings. The van der Waals surface area contributed by atoms with Gasteiger partial charge in [0.05, 0.1) is 19.0 Å². The van der Waals surface area contributed by atoms with Crippen LogP contribution in [-0.2, 0) is 0 Å². The highest BCUT2D eigenvalue weighted by atomic mass is 16.5. The zero-order valence-electron chi connectivity index (χ0n) is 13.0. The van der Waals surface area contributed by atoms with Crippen LogP contribution in [0.25, 0.3) is 22.6 Å². The number of benzene rings is 1. The molecule has 6 heteroatoms. The Bertz CT molecular complexity index is 906. The van der Waals surface area contributed by atoms with Crippen molar-refractivity contribution >= 4 is 11.3 Å². The molecule has 0 spiro atoms. The first-order valence-electron chi connectivity index (χ1n) is 7.88. The highest BCUT2D eigenvalue weighted by Gasteiger charge is 2.23. The van der Waals surface area contributed by atoms with E-state index in [-0.39, 0.29) is 11.7 Å². The van der Waals surface area contributed by atoms with E-state index >= 15 is 0 Å². The van der Waals surface area contributed by atoms with Crippen molar-refractivity contribution in [3.8, 4) is 17.0 Å². The second-order valence-electron chi connectivity index (χ2n) is 5.87. The lowest BCUT2D eigenvalue weighted by Crippen LogP contribution is -2.20. The zero-order valence-corrected chi connectivity index (χ0v) is 13.0. The number of fused-ring (bicyclic) bond motifs is 1. The Balaban J connectivity index is 1.90. The van der Waals surface area contributed by atoms with Crippen molar-refractivity contribution in [2.24, 2.45) is 0 Å². The minimum absolute atomic E-state index is 0.121. The van der Waals surface area contributed by atoms with Crippen molar-refractivity contribution in [2.45, 2.75) is 31.7 Å². The van der Waals surface area contributed by atoms with Gasteiger partial charge in [0, 0.05) is 11.6 Å². The lowest BCUT2D eigenvalue weighted by atomic mass is 10.1. The van der Waals surface area contributed by atoms with E-state index in [0.29, 0.717) is 17.0 Å². The standard InChI is InChI=1S/C17H18N4O2/c1-23-14-9-5-4-8-12(14)13-10-18-15-16(19-13)21(17(22)20-15)11-6-2-3-7-11/h4-5,8-11H,2-3,6-7H2,1H3,(H,18,20,22). The predicted octanol–water partition coefficient (Wildman–Crippen LogP) is 2.91. The van der Waals surface area contributed by atoms with E-state index in [0.717, 1.165) is 37.0 Å². The summed E-state index contributed by atoms with van der Waals surface area (Å²) in [5.41, 5.74) is 2.63. The van der Waals surface area contributed by atoms with Gasteiger partial charge in [-0.1, -0.05) is 25.0 Å². The topological polar surface area (TPSA) is 72.8 Å². The molecule has 0 saturated heterocycles. The Hall–Kier alpha value is -2.63. The monoisotopic (exact) mass is 310 g/mol. The Morgan fingerprint density at radius 1 is 1.26 bits per heavy atom. The quantitative estimate of drug-likeness (QED) is 0.807. The maximum Gasteiger partial charge on any atom is 0.329 e. The third-order valence-electron chi connectivity index (χ3n) is 4.50. The SMILES string of the molecule is COc1ccccc1-c1cnc2[nH]c(=O)n(C3CCCC3)c2n1. The molecule has 1 fully saturated rings. The Morgan fingerprint density at radius 3 is 2.83 bits per heavy atom. The van der Waals surface area contributed by atoms with Crippen LogP contribution in [0, 0.1) is 0 Å². The third kappa shape index (κ3) is 2.30. The van der Waals surface area contributed by atoms with Gasteiger partial charge in [-0.15, -0.1) is 0 Å². The van der Waals surface area contributed by atoms with E-state index in [4.69, 9.17) is 9.72 Å². The summed E-state index contributed by atoms with van der Waals surface area (Å²) in [4.78, 5) is 24.2. The zero-order chi connectivity index (χ0) is 15.8. The number of para-hydroxylation sites is 1. The molecule has 118 valence electrons. The van der Waals surface area contributed by atoms with Gasteiger partial charge in [-0.3, -0.25) is 9.55 Å². The number of aromatic amines is 1. The molecule has 2 aromatic heterocycles. The Kier molecular flexibility index (Phi) is 3.37. The molecule has 1 aliphatic carbocycles. The summed E-state index contributed by atoms with van der Waals surface area (Å²) in [5.74, 6) is 0.742. The summed E-state index contributed by atoms with van der Waals surface area (Å²) < 4.78 is 7.17. The summed E-state index contributed by atoms with van der Waals surface area (Å²) in [6, 6.07) is 7.91. The molecule has 23 heavy (non-hydrogen) atoms. The van der Waals surface area contributed by atoms with Crippen LogP contribution in [-0.4, -0.2) is 26.6 Å². The van der Waals surface area contributed by atoms with Crippen LogP contribution in [0.4, 0.5) is 0 Å². The van der Waals surface area contributed by atoms with Crippen molar-refractivity contribution in [1.82, 2.24) is 19.5 Å². The molecule has 0 radical (unpaired) electrons. The first-order chi connectivity index (χ1) is 11.3. The average Bonchev–Trinajstić information content (AvgIpc) is 3.20. The minimum atomic E-state index is -0.121. The van der Waals surface area contributed by atoms with Crippen molar-refractivity contribution in [2.75, 3.05) is 7.11 Å². The van der Waals surface area contributed by atoms with E-state index in [9.17, 15) is 4.79 Å². The maximum atomic E-state index is 12.3. The summed E-state index contributed by atoms with van der Waals surface area (Å²) in [6.07, 6.45) is 6.03. The molecule has 1 N–H and O–H groups in total. The second kappa shape index (κ2) is 5.53. The molecule has 0 bridgehead atoms. The number of hydrogen-bond donors (Lipinski definition) is 1. The first-order valence-corrected chi connectivity index (χ1v) is 7.88. The molecule has 2 heterocycles. The summed E-state index contributed by atoms with van der Waals surface area (Å²) in [5, 5.41) is 0. The highest BCUT2D eigenvalue weighted by Crippen LogP contribution is 2.32. The van der Waals surface area contributed by atoms with Gasteiger partial charge in [0.25, 0.3) is 0 Å². The summed E-state index contributed by atoms with van der Waals surface area (Å²) in [7, 11) is 1.63. The van der Waals surface area contributed by atoms with E-state index in [2.05, 4.69) is 9.97 Å². The number of rotatable bonds is 3. The van der Waals surface area contributed by atoms with E-state index in [1.807, 2.05) is 24.3 Å². The number of nitrogens with zero attached hydrogens (tertiary/aromatic N) is 3. The predicted molar refractivity (Wildman–Crippen MR) is 87.6 cm³/mol. The van der Waals surface area contributed by atoms with Crippen molar-refractivity contribution in [3.05, 3.63) is 40.9 Å². The molecule has 0 amide bonds. The lowest BCUT2D eigenvalue weighted by Gasteiger charge is -2.11. The largest absolute Gasteiger partial charge is 0.496 e. The fourth-order valence-electron chi connectivity index (χ4n) is 3.38. The van der Waals surface area contributed by atoms with E-state index in [1.165, 1.54) is 0 Å². The Morgan fingerprint density at radius 2 is 2.04 bits per heavy atom. The number of ether oxygens (including phenoxy) is 1. The molecule has 4 rings (SSSR count). The molecular formula is C17H18N4O2. The molecule has 0 atom stereocenters. The van der Waals surface area contributed by atoms with Crippen LogP contribution in [0.5, 0.6) is 5.75 Å². The molecular weight excluding hydrogens is 292 g/mol. The van der Waals surface area contributed by atoms with Crippen molar-refractivity contribution < 1.29 is 4.74 Å². The summed E-state index contributed by atoms with van der Waals surface area (Å²) in [6.45, 7) is 0. The van der Waals surface area contributed by atoms with Gasteiger partial charge in [-0.05, 0) is 25.0 Å². The number of imidazole rings is 1. The van der Waals surface area contributed by atoms with E-state index < -0.39 is 0 Å². The van der Waals surface area contributed by atoms with Gasteiger partial charge in [0.2, 0.25) is 0 Å². The van der Waals surface area contributed by atoms with Crippen LogP contribution in [0.2, 0.25) is 0 Å². The fraction of sp³-hybridized carbons (Fsp3) is 0.353. The number of methoxy groups -OCH3 is 1. The molecule has 0 aliphatic heterocycles. The maximum absolute atomic E-state index is 12.3. The van der Waals surface area contributed by atoms with Crippen LogP contribution in [0.1, 0.15) is 31.7 Å². The number of H-pyrrole nitrogens is 1. The lowest BCUT2D eigenvalue weighted by molar-refractivity contribution is 0.416. The van der Waals surface area contributed by atoms with Gasteiger partial charge < -0.3 is 4.74 Å². The van der Waals surface area contributed by atoms with Crippen LogP contribution in [0.3, 0.4) is 0 Å². The minimum Gasteiger partial charge on any atom is -0.496 e. The summed E-state index contributed by atoms with van der Waals surface area (Å²) >= 11 is 0. The smallest absolute Gasteiger partial charge is 0.329 e. The fourth-order valence-corrected chi connectivity index (χ4v) is 3.38.